The Hall–Kier alpha value is -2.98. The second-order valence-corrected chi connectivity index (χ2v) is 10.7. The number of nitrogens with zero attached hydrogens (tertiary/aromatic N) is 6. The summed E-state index contributed by atoms with van der Waals surface area (Å²) >= 11 is 0. The Morgan fingerprint density at radius 3 is 2.36 bits per heavy atom. The lowest BCUT2D eigenvalue weighted by Gasteiger charge is -2.34. The van der Waals surface area contributed by atoms with E-state index in [9.17, 15) is 8.42 Å². The highest BCUT2D eigenvalue weighted by Crippen LogP contribution is 2.36. The van der Waals surface area contributed by atoms with Crippen molar-refractivity contribution in [3.63, 3.8) is 0 Å². The minimum atomic E-state index is -3.12. The molecule has 1 N–H and O–H groups in total. The van der Waals surface area contributed by atoms with E-state index < -0.39 is 10.0 Å². The van der Waals surface area contributed by atoms with Crippen molar-refractivity contribution in [1.82, 2.24) is 23.8 Å². The number of aryl methyl sites for hydroxylation is 1. The summed E-state index contributed by atoms with van der Waals surface area (Å²) in [7, 11) is -3.12. The van der Waals surface area contributed by atoms with Gasteiger partial charge in [0.1, 0.15) is 5.82 Å². The van der Waals surface area contributed by atoms with E-state index in [1.165, 1.54) is 29.8 Å². The lowest BCUT2D eigenvalue weighted by molar-refractivity contribution is 0.311. The van der Waals surface area contributed by atoms with Gasteiger partial charge in [-0.2, -0.15) is 4.31 Å². The van der Waals surface area contributed by atoms with Crippen LogP contribution < -0.4 is 10.2 Å². The van der Waals surface area contributed by atoms with Gasteiger partial charge in [0.2, 0.25) is 16.0 Å². The molecule has 0 spiro atoms. The summed E-state index contributed by atoms with van der Waals surface area (Å²) in [5, 5.41) is 3.30. The largest absolute Gasteiger partial charge is 0.369 e. The van der Waals surface area contributed by atoms with E-state index in [2.05, 4.69) is 24.8 Å². The summed E-state index contributed by atoms with van der Waals surface area (Å²) in [5.41, 5.74) is 3.86. The molecule has 2 fully saturated rings. The first-order valence-electron chi connectivity index (χ1n) is 11.3. The fourth-order valence-electron chi connectivity index (χ4n) is 4.47. The maximum absolute atomic E-state index is 11.7. The number of imidazole rings is 1. The molecule has 5 rings (SSSR count). The second-order valence-electron chi connectivity index (χ2n) is 8.73. The van der Waals surface area contributed by atoms with Gasteiger partial charge in [0.25, 0.3) is 0 Å². The number of rotatable bonds is 6. The standard InChI is InChI=1S/C23H29N7O2S/c1-17-25-16-22(30(17)20-4-3-5-20)21-10-11-24-23(27-21)26-18-6-8-19(9-7-18)28-12-14-29(15-13-28)33(2,31)32/h6-11,16,20H,3-5,12-15H2,1-2H3,(H,24,26,27). The Morgan fingerprint density at radius 2 is 1.73 bits per heavy atom. The Bertz CT molecular complexity index is 1230. The van der Waals surface area contributed by atoms with Crippen LogP contribution in [0.1, 0.15) is 31.1 Å². The molecular formula is C23H29N7O2S. The molecule has 1 aliphatic carbocycles. The Balaban J connectivity index is 1.27. The molecule has 1 aromatic carbocycles. The average Bonchev–Trinajstić information content (AvgIpc) is 3.14. The molecular weight excluding hydrogens is 438 g/mol. The number of sulfonamides is 1. The highest BCUT2D eigenvalue weighted by atomic mass is 32.2. The minimum Gasteiger partial charge on any atom is -0.369 e. The lowest BCUT2D eigenvalue weighted by Crippen LogP contribution is -2.48. The van der Waals surface area contributed by atoms with Crippen molar-refractivity contribution in [3.8, 4) is 11.4 Å². The van der Waals surface area contributed by atoms with Gasteiger partial charge >= 0.3 is 0 Å². The van der Waals surface area contributed by atoms with Crippen molar-refractivity contribution in [2.75, 3.05) is 42.7 Å². The molecule has 10 heteroatoms. The van der Waals surface area contributed by atoms with Crippen molar-refractivity contribution >= 4 is 27.3 Å². The number of aromatic nitrogens is 4. The predicted molar refractivity (Wildman–Crippen MR) is 129 cm³/mol. The summed E-state index contributed by atoms with van der Waals surface area (Å²) in [6, 6.07) is 10.5. The van der Waals surface area contributed by atoms with Crippen molar-refractivity contribution < 1.29 is 8.42 Å². The van der Waals surface area contributed by atoms with Crippen LogP contribution in [0.3, 0.4) is 0 Å². The highest BCUT2D eigenvalue weighted by Gasteiger charge is 2.25. The minimum absolute atomic E-state index is 0.510. The van der Waals surface area contributed by atoms with Crippen LogP contribution in [0.15, 0.2) is 42.7 Å². The van der Waals surface area contributed by atoms with Crippen LogP contribution >= 0.6 is 0 Å². The molecule has 0 radical (unpaired) electrons. The number of benzene rings is 1. The van der Waals surface area contributed by atoms with Crippen LogP contribution in [0.2, 0.25) is 0 Å². The van der Waals surface area contributed by atoms with Crippen LogP contribution in [0.25, 0.3) is 11.4 Å². The fourth-order valence-corrected chi connectivity index (χ4v) is 5.30. The number of hydrogen-bond donors (Lipinski definition) is 1. The van der Waals surface area contributed by atoms with Gasteiger partial charge in [-0.15, -0.1) is 0 Å². The zero-order chi connectivity index (χ0) is 23.0. The van der Waals surface area contributed by atoms with Crippen molar-refractivity contribution in [1.29, 1.82) is 0 Å². The summed E-state index contributed by atoms with van der Waals surface area (Å²) in [5.74, 6) is 1.57. The van der Waals surface area contributed by atoms with E-state index in [4.69, 9.17) is 4.98 Å². The van der Waals surface area contributed by atoms with Crippen LogP contribution in [0.4, 0.5) is 17.3 Å². The van der Waals surface area contributed by atoms with Gasteiger partial charge in [0, 0.05) is 49.8 Å². The monoisotopic (exact) mass is 467 g/mol. The zero-order valence-corrected chi connectivity index (χ0v) is 19.8. The topological polar surface area (TPSA) is 96.2 Å². The van der Waals surface area contributed by atoms with E-state index in [0.717, 1.165) is 28.6 Å². The molecule has 33 heavy (non-hydrogen) atoms. The quantitative estimate of drug-likeness (QED) is 0.595. The average molecular weight is 468 g/mol. The molecule has 174 valence electrons. The van der Waals surface area contributed by atoms with Gasteiger partial charge in [-0.1, -0.05) is 0 Å². The van der Waals surface area contributed by atoms with Crippen LogP contribution in [0, 0.1) is 6.92 Å². The molecule has 1 aliphatic heterocycles. The maximum Gasteiger partial charge on any atom is 0.227 e. The molecule has 0 atom stereocenters. The molecule has 3 aromatic rings. The summed E-state index contributed by atoms with van der Waals surface area (Å²) in [6.45, 7) is 4.43. The van der Waals surface area contributed by atoms with Crippen molar-refractivity contribution in [3.05, 3.63) is 48.5 Å². The smallest absolute Gasteiger partial charge is 0.227 e. The van der Waals surface area contributed by atoms with Crippen LogP contribution in [0.5, 0.6) is 0 Å². The van der Waals surface area contributed by atoms with Crippen molar-refractivity contribution in [2.24, 2.45) is 0 Å². The van der Waals surface area contributed by atoms with Gasteiger partial charge < -0.3 is 14.8 Å². The normalized spacial score (nSPS) is 17.7. The van der Waals surface area contributed by atoms with Gasteiger partial charge in [-0.25, -0.2) is 23.4 Å². The fraction of sp³-hybridized carbons (Fsp3) is 0.435. The second kappa shape index (κ2) is 8.75. The van der Waals surface area contributed by atoms with Gasteiger partial charge in [-0.05, 0) is 56.5 Å². The molecule has 2 aromatic heterocycles. The first kappa shape index (κ1) is 21.8. The van der Waals surface area contributed by atoms with Crippen molar-refractivity contribution in [2.45, 2.75) is 32.2 Å². The molecule has 1 saturated carbocycles. The molecule has 9 nitrogen and oxygen atoms in total. The van der Waals surface area contributed by atoms with E-state index in [1.807, 2.05) is 43.5 Å². The molecule has 1 saturated heterocycles. The molecule has 0 unspecified atom stereocenters. The Labute approximate surface area is 194 Å². The molecule has 0 amide bonds. The SMILES string of the molecule is Cc1ncc(-c2ccnc(Nc3ccc(N4CCN(S(C)(=O)=O)CC4)cc3)n2)n1C1CCC1. The van der Waals surface area contributed by atoms with E-state index in [0.29, 0.717) is 38.2 Å². The molecule has 0 bridgehead atoms. The lowest BCUT2D eigenvalue weighted by atomic mass is 9.92. The molecule has 2 aliphatic rings. The van der Waals surface area contributed by atoms with E-state index >= 15 is 0 Å². The van der Waals surface area contributed by atoms with E-state index in [-0.39, 0.29) is 0 Å². The third-order valence-corrected chi connectivity index (χ3v) is 7.84. The summed E-state index contributed by atoms with van der Waals surface area (Å²) < 4.78 is 27.3. The zero-order valence-electron chi connectivity index (χ0n) is 19.0. The van der Waals surface area contributed by atoms with Gasteiger partial charge in [0.15, 0.2) is 0 Å². The number of nitrogens with one attached hydrogen (secondary N) is 1. The van der Waals surface area contributed by atoms with Crippen LogP contribution in [-0.4, -0.2) is 64.7 Å². The summed E-state index contributed by atoms with van der Waals surface area (Å²) in [4.78, 5) is 15.9. The first-order chi connectivity index (χ1) is 15.9. The van der Waals surface area contributed by atoms with Crippen LogP contribution in [-0.2, 0) is 10.0 Å². The molecule has 3 heterocycles. The number of anilines is 3. The highest BCUT2D eigenvalue weighted by molar-refractivity contribution is 7.88. The number of piperazine rings is 1. The summed E-state index contributed by atoms with van der Waals surface area (Å²) in [6.07, 6.45) is 8.59. The Kier molecular flexibility index (Phi) is 5.79. The first-order valence-corrected chi connectivity index (χ1v) is 13.2. The van der Waals surface area contributed by atoms with Gasteiger partial charge in [0.05, 0.1) is 23.8 Å². The van der Waals surface area contributed by atoms with Gasteiger partial charge in [-0.3, -0.25) is 0 Å². The predicted octanol–water partition coefficient (Wildman–Crippen LogP) is 3.20. The third-order valence-electron chi connectivity index (χ3n) is 6.54. The number of hydrogen-bond acceptors (Lipinski definition) is 7. The van der Waals surface area contributed by atoms with E-state index in [1.54, 1.807) is 6.20 Å². The maximum atomic E-state index is 11.7. The third kappa shape index (κ3) is 4.58. The Morgan fingerprint density at radius 1 is 1.00 bits per heavy atom.